The minimum atomic E-state index is -0.265. The SMILES string of the molecule is CCC[C@H](CCOC(C)=O)SC(=O)[C@H](C)c1ccccc1. The molecule has 1 rings (SSSR count). The predicted octanol–water partition coefficient (Wildman–Crippen LogP) is 4.17. The third-order valence-electron chi connectivity index (χ3n) is 3.29. The average Bonchev–Trinajstić information content (AvgIpc) is 2.47. The molecule has 0 amide bonds. The fourth-order valence-electron chi connectivity index (χ4n) is 2.06. The van der Waals surface area contributed by atoms with E-state index in [9.17, 15) is 9.59 Å². The Morgan fingerprint density at radius 3 is 2.43 bits per heavy atom. The van der Waals surface area contributed by atoms with Crippen molar-refractivity contribution in [2.45, 2.75) is 51.2 Å². The van der Waals surface area contributed by atoms with Crippen molar-refractivity contribution in [3.63, 3.8) is 0 Å². The lowest BCUT2D eigenvalue weighted by Crippen LogP contribution is -2.15. The van der Waals surface area contributed by atoms with Crippen molar-refractivity contribution in [1.29, 1.82) is 0 Å². The quantitative estimate of drug-likeness (QED) is 0.676. The minimum Gasteiger partial charge on any atom is -0.466 e. The summed E-state index contributed by atoms with van der Waals surface area (Å²) in [5, 5.41) is 0.399. The highest BCUT2D eigenvalue weighted by Crippen LogP contribution is 2.28. The van der Waals surface area contributed by atoms with Gasteiger partial charge in [-0.1, -0.05) is 62.4 Å². The third kappa shape index (κ3) is 6.80. The van der Waals surface area contributed by atoms with E-state index < -0.39 is 0 Å². The topological polar surface area (TPSA) is 43.4 Å². The van der Waals surface area contributed by atoms with Crippen LogP contribution in [0.5, 0.6) is 0 Å². The van der Waals surface area contributed by atoms with Crippen LogP contribution in [0.2, 0.25) is 0 Å². The van der Waals surface area contributed by atoms with E-state index in [2.05, 4.69) is 6.92 Å². The summed E-state index contributed by atoms with van der Waals surface area (Å²) in [5.74, 6) is -0.372. The number of hydrogen-bond acceptors (Lipinski definition) is 4. The van der Waals surface area contributed by atoms with Crippen molar-refractivity contribution >= 4 is 22.8 Å². The highest BCUT2D eigenvalue weighted by Gasteiger charge is 2.20. The molecule has 0 aliphatic rings. The molecule has 0 aromatic heterocycles. The molecule has 21 heavy (non-hydrogen) atoms. The lowest BCUT2D eigenvalue weighted by molar-refractivity contribution is -0.141. The van der Waals surface area contributed by atoms with Gasteiger partial charge >= 0.3 is 5.97 Å². The van der Waals surface area contributed by atoms with E-state index in [1.54, 1.807) is 0 Å². The summed E-state index contributed by atoms with van der Waals surface area (Å²) in [5.41, 5.74) is 1.05. The maximum absolute atomic E-state index is 12.4. The molecule has 0 heterocycles. The summed E-state index contributed by atoms with van der Waals surface area (Å²) in [7, 11) is 0. The van der Waals surface area contributed by atoms with Gasteiger partial charge < -0.3 is 4.74 Å². The predicted molar refractivity (Wildman–Crippen MR) is 87.4 cm³/mol. The number of benzene rings is 1. The fourth-order valence-corrected chi connectivity index (χ4v) is 3.30. The number of thioether (sulfide) groups is 1. The first-order valence-electron chi connectivity index (χ1n) is 7.43. The van der Waals surface area contributed by atoms with E-state index in [1.165, 1.54) is 18.7 Å². The van der Waals surface area contributed by atoms with Crippen molar-refractivity contribution < 1.29 is 14.3 Å². The molecule has 116 valence electrons. The number of carbonyl (C=O) groups is 2. The minimum absolute atomic E-state index is 0.107. The summed E-state index contributed by atoms with van der Waals surface area (Å²) >= 11 is 1.39. The second kappa shape index (κ2) is 9.61. The van der Waals surface area contributed by atoms with E-state index in [0.717, 1.165) is 24.8 Å². The molecule has 0 fully saturated rings. The Balaban J connectivity index is 2.53. The van der Waals surface area contributed by atoms with Crippen molar-refractivity contribution in [3.05, 3.63) is 35.9 Å². The number of ether oxygens (including phenoxy) is 1. The standard InChI is InChI=1S/C17H24O3S/c1-4-8-16(11-12-20-14(3)18)21-17(19)13(2)15-9-6-5-7-10-15/h5-7,9-10,13,16H,4,8,11-12H2,1-3H3/t13-,16-/m1/s1. The Morgan fingerprint density at radius 2 is 1.86 bits per heavy atom. The smallest absolute Gasteiger partial charge is 0.302 e. The number of carbonyl (C=O) groups excluding carboxylic acids is 2. The van der Waals surface area contributed by atoms with Gasteiger partial charge in [0.1, 0.15) is 0 Å². The van der Waals surface area contributed by atoms with Crippen molar-refractivity contribution in [1.82, 2.24) is 0 Å². The number of rotatable bonds is 8. The van der Waals surface area contributed by atoms with Gasteiger partial charge in [0, 0.05) is 12.2 Å². The van der Waals surface area contributed by atoms with Crippen LogP contribution in [0, 0.1) is 0 Å². The second-order valence-corrected chi connectivity index (χ2v) is 6.41. The van der Waals surface area contributed by atoms with Gasteiger partial charge in [-0.05, 0) is 18.4 Å². The van der Waals surface area contributed by atoms with E-state index in [1.807, 2.05) is 37.3 Å². The molecule has 0 radical (unpaired) electrons. The molecule has 0 unspecified atom stereocenters. The van der Waals surface area contributed by atoms with Crippen LogP contribution in [0.4, 0.5) is 0 Å². The highest BCUT2D eigenvalue weighted by atomic mass is 32.2. The molecule has 3 nitrogen and oxygen atoms in total. The van der Waals surface area contributed by atoms with Crippen LogP contribution in [-0.2, 0) is 14.3 Å². The Hall–Kier alpha value is -1.29. The maximum atomic E-state index is 12.4. The van der Waals surface area contributed by atoms with Crippen LogP contribution in [0.3, 0.4) is 0 Å². The number of hydrogen-bond donors (Lipinski definition) is 0. The van der Waals surface area contributed by atoms with Gasteiger partial charge in [-0.15, -0.1) is 0 Å². The summed E-state index contributed by atoms with van der Waals surface area (Å²) in [6.45, 7) is 5.84. The van der Waals surface area contributed by atoms with Crippen LogP contribution in [0.25, 0.3) is 0 Å². The van der Waals surface area contributed by atoms with E-state index >= 15 is 0 Å². The van der Waals surface area contributed by atoms with E-state index in [0.29, 0.717) is 6.61 Å². The average molecular weight is 308 g/mol. The highest BCUT2D eigenvalue weighted by molar-refractivity contribution is 8.14. The zero-order valence-electron chi connectivity index (χ0n) is 13.0. The Labute approximate surface area is 131 Å². The normalized spacial score (nSPS) is 13.5. The lowest BCUT2D eigenvalue weighted by Gasteiger charge is -2.17. The monoisotopic (exact) mass is 308 g/mol. The van der Waals surface area contributed by atoms with E-state index in [-0.39, 0.29) is 22.3 Å². The van der Waals surface area contributed by atoms with Crippen molar-refractivity contribution in [3.8, 4) is 0 Å². The van der Waals surface area contributed by atoms with Crippen molar-refractivity contribution in [2.24, 2.45) is 0 Å². The molecule has 1 aromatic carbocycles. The second-order valence-electron chi connectivity index (χ2n) is 5.11. The summed E-state index contributed by atoms with van der Waals surface area (Å²) < 4.78 is 4.98. The Morgan fingerprint density at radius 1 is 1.19 bits per heavy atom. The summed E-state index contributed by atoms with van der Waals surface area (Å²) in [6.07, 6.45) is 2.70. The van der Waals surface area contributed by atoms with Crippen LogP contribution in [-0.4, -0.2) is 22.9 Å². The Bertz CT molecular complexity index is 445. The van der Waals surface area contributed by atoms with Gasteiger partial charge in [-0.3, -0.25) is 9.59 Å². The molecule has 0 bridgehead atoms. The first-order valence-corrected chi connectivity index (χ1v) is 8.31. The zero-order chi connectivity index (χ0) is 15.7. The largest absolute Gasteiger partial charge is 0.466 e. The van der Waals surface area contributed by atoms with Gasteiger partial charge in [-0.25, -0.2) is 0 Å². The molecular formula is C17H24O3S. The lowest BCUT2D eigenvalue weighted by atomic mass is 10.0. The van der Waals surface area contributed by atoms with Crippen LogP contribution in [0.1, 0.15) is 51.5 Å². The molecule has 0 spiro atoms. The van der Waals surface area contributed by atoms with Crippen LogP contribution in [0.15, 0.2) is 30.3 Å². The maximum Gasteiger partial charge on any atom is 0.302 e. The third-order valence-corrected chi connectivity index (χ3v) is 4.68. The zero-order valence-corrected chi connectivity index (χ0v) is 13.8. The van der Waals surface area contributed by atoms with Crippen molar-refractivity contribution in [2.75, 3.05) is 6.61 Å². The molecule has 1 aromatic rings. The van der Waals surface area contributed by atoms with Gasteiger partial charge in [-0.2, -0.15) is 0 Å². The molecular weight excluding hydrogens is 284 g/mol. The first kappa shape index (κ1) is 17.8. The number of esters is 1. The van der Waals surface area contributed by atoms with Gasteiger partial charge in [0.25, 0.3) is 0 Å². The molecule has 0 N–H and O–H groups in total. The first-order chi connectivity index (χ1) is 10.0. The van der Waals surface area contributed by atoms with Gasteiger partial charge in [0.05, 0.1) is 12.5 Å². The summed E-state index contributed by atoms with van der Waals surface area (Å²) in [6, 6.07) is 9.82. The van der Waals surface area contributed by atoms with Gasteiger partial charge in [0.15, 0.2) is 5.12 Å². The molecule has 4 heteroatoms. The van der Waals surface area contributed by atoms with Gasteiger partial charge in [0.2, 0.25) is 0 Å². The molecule has 0 aliphatic heterocycles. The van der Waals surface area contributed by atoms with Crippen LogP contribution >= 0.6 is 11.8 Å². The molecule has 0 saturated carbocycles. The van der Waals surface area contributed by atoms with E-state index in [4.69, 9.17) is 4.74 Å². The molecule has 0 aliphatic carbocycles. The summed E-state index contributed by atoms with van der Waals surface area (Å²) in [4.78, 5) is 23.2. The fraction of sp³-hybridized carbons (Fsp3) is 0.529. The Kier molecular flexibility index (Phi) is 8.13. The van der Waals surface area contributed by atoms with Crippen LogP contribution < -0.4 is 0 Å². The molecule has 2 atom stereocenters. The molecule has 0 saturated heterocycles.